The van der Waals surface area contributed by atoms with E-state index in [4.69, 9.17) is 4.74 Å². The van der Waals surface area contributed by atoms with Crippen LogP contribution in [0.4, 0.5) is 10.1 Å². The second-order valence-corrected chi connectivity index (χ2v) is 4.10. The molecule has 0 saturated heterocycles. The van der Waals surface area contributed by atoms with Gasteiger partial charge in [-0.3, -0.25) is 10.1 Å². The Bertz CT molecular complexity index is 559. The number of benzene rings is 1. The maximum Gasteiger partial charge on any atom is 0.272 e. The smallest absolute Gasteiger partial charge is 0.272 e. The molecular formula is C12H11FN2O4. The van der Waals surface area contributed by atoms with Gasteiger partial charge in [0.2, 0.25) is 0 Å². The molecule has 1 aliphatic rings. The van der Waals surface area contributed by atoms with Gasteiger partial charge in [-0.25, -0.2) is 9.38 Å². The van der Waals surface area contributed by atoms with E-state index in [2.05, 4.69) is 4.99 Å². The zero-order valence-electron chi connectivity index (χ0n) is 9.82. The minimum atomic E-state index is -0.909. The van der Waals surface area contributed by atoms with Gasteiger partial charge in [-0.15, -0.1) is 0 Å². The fraction of sp³-hybridized carbons (Fsp3) is 0.250. The summed E-state index contributed by atoms with van der Waals surface area (Å²) in [6.07, 6.45) is 4.16. The molecule has 0 spiro atoms. The molecule has 1 heterocycles. The number of hydrogen-bond acceptors (Lipinski definition) is 5. The van der Waals surface area contributed by atoms with E-state index < -0.39 is 16.3 Å². The average molecular weight is 266 g/mol. The molecule has 1 aromatic rings. The first kappa shape index (κ1) is 13.2. The standard InChI is InChI=1S/C12H11FN2O4/c13-11-5-10(15(17)18)2-1-9(11)3-4-12(6-16)7-19-8-14-12/h1-5,8,16H,6-7H2/b4-3+. The van der Waals surface area contributed by atoms with Crippen LogP contribution in [-0.4, -0.2) is 35.2 Å². The molecule has 0 radical (unpaired) electrons. The number of aliphatic hydroxyl groups excluding tert-OH is 1. The second kappa shape index (κ2) is 5.15. The number of rotatable bonds is 4. The van der Waals surface area contributed by atoms with Gasteiger partial charge in [0.1, 0.15) is 18.0 Å². The summed E-state index contributed by atoms with van der Waals surface area (Å²) in [5.41, 5.74) is -1.04. The highest BCUT2D eigenvalue weighted by Crippen LogP contribution is 2.22. The maximum atomic E-state index is 13.6. The van der Waals surface area contributed by atoms with Gasteiger partial charge >= 0.3 is 0 Å². The van der Waals surface area contributed by atoms with Crippen molar-refractivity contribution in [3.05, 3.63) is 45.8 Å². The fourth-order valence-electron chi connectivity index (χ4n) is 1.60. The minimum Gasteiger partial charge on any atom is -0.480 e. The summed E-state index contributed by atoms with van der Waals surface area (Å²) in [6, 6.07) is 3.36. The SMILES string of the molecule is O=[N+]([O-])c1ccc(/C=C/C2(CO)COC=N2)c(F)c1. The highest BCUT2D eigenvalue weighted by Gasteiger charge is 2.29. The molecule has 7 heteroatoms. The predicted molar refractivity (Wildman–Crippen MR) is 66.3 cm³/mol. The van der Waals surface area contributed by atoms with E-state index in [0.717, 1.165) is 6.07 Å². The Morgan fingerprint density at radius 1 is 1.63 bits per heavy atom. The largest absolute Gasteiger partial charge is 0.480 e. The molecule has 1 unspecified atom stereocenters. The van der Waals surface area contributed by atoms with Crippen LogP contribution in [0.25, 0.3) is 6.08 Å². The lowest BCUT2D eigenvalue weighted by Crippen LogP contribution is -2.30. The minimum absolute atomic E-state index is 0.175. The van der Waals surface area contributed by atoms with Crippen molar-refractivity contribution in [1.29, 1.82) is 0 Å². The molecule has 19 heavy (non-hydrogen) atoms. The number of ether oxygens (including phenoxy) is 1. The molecule has 0 aromatic heterocycles. The number of nitro benzene ring substituents is 1. The first-order valence-electron chi connectivity index (χ1n) is 5.46. The molecule has 0 saturated carbocycles. The monoisotopic (exact) mass is 266 g/mol. The normalized spacial score (nSPS) is 21.8. The van der Waals surface area contributed by atoms with Crippen LogP contribution in [0.2, 0.25) is 0 Å². The highest BCUT2D eigenvalue weighted by molar-refractivity contribution is 5.57. The average Bonchev–Trinajstić information content (AvgIpc) is 2.86. The Balaban J connectivity index is 2.24. The van der Waals surface area contributed by atoms with Crippen LogP contribution in [0.5, 0.6) is 0 Å². The number of halogens is 1. The van der Waals surface area contributed by atoms with Gasteiger partial charge in [0, 0.05) is 11.6 Å². The van der Waals surface area contributed by atoms with Crippen molar-refractivity contribution in [2.75, 3.05) is 13.2 Å². The number of aliphatic imine (C=N–C) groups is 1. The van der Waals surface area contributed by atoms with Crippen molar-refractivity contribution < 1.29 is 19.2 Å². The zero-order valence-corrected chi connectivity index (χ0v) is 9.82. The number of nitrogens with zero attached hydrogens (tertiary/aromatic N) is 2. The highest BCUT2D eigenvalue weighted by atomic mass is 19.1. The lowest BCUT2D eigenvalue weighted by Gasteiger charge is -2.16. The third-order valence-corrected chi connectivity index (χ3v) is 2.76. The summed E-state index contributed by atoms with van der Waals surface area (Å²) in [4.78, 5) is 13.8. The third kappa shape index (κ3) is 2.76. The Morgan fingerprint density at radius 3 is 2.95 bits per heavy atom. The molecule has 0 amide bonds. The Labute approximate surface area is 108 Å². The molecule has 1 aliphatic heterocycles. The van der Waals surface area contributed by atoms with Gasteiger partial charge in [0.15, 0.2) is 6.40 Å². The quantitative estimate of drug-likeness (QED) is 0.661. The van der Waals surface area contributed by atoms with E-state index in [-0.39, 0.29) is 24.5 Å². The Hall–Kier alpha value is -2.28. The third-order valence-electron chi connectivity index (χ3n) is 2.76. The molecule has 0 aliphatic carbocycles. The first-order chi connectivity index (χ1) is 9.06. The van der Waals surface area contributed by atoms with Crippen molar-refractivity contribution in [2.24, 2.45) is 4.99 Å². The Kier molecular flexibility index (Phi) is 3.57. The topological polar surface area (TPSA) is 85.0 Å². The van der Waals surface area contributed by atoms with E-state index in [0.29, 0.717) is 0 Å². The molecule has 100 valence electrons. The van der Waals surface area contributed by atoms with Crippen molar-refractivity contribution >= 4 is 18.2 Å². The number of hydrogen-bond donors (Lipinski definition) is 1. The summed E-state index contributed by atoms with van der Waals surface area (Å²) in [5, 5.41) is 19.7. The van der Waals surface area contributed by atoms with Crippen LogP contribution in [0.15, 0.2) is 29.3 Å². The number of aliphatic hydroxyl groups is 1. The summed E-state index contributed by atoms with van der Waals surface area (Å²) in [5.74, 6) is -0.707. The first-order valence-corrected chi connectivity index (χ1v) is 5.46. The summed E-state index contributed by atoms with van der Waals surface area (Å²) >= 11 is 0. The van der Waals surface area contributed by atoms with E-state index in [1.807, 2.05) is 0 Å². The molecule has 1 atom stereocenters. The zero-order chi connectivity index (χ0) is 13.9. The van der Waals surface area contributed by atoms with Crippen LogP contribution in [0.1, 0.15) is 5.56 Å². The van der Waals surface area contributed by atoms with E-state index in [1.165, 1.54) is 30.7 Å². The number of non-ortho nitro benzene ring substituents is 1. The fourth-order valence-corrected chi connectivity index (χ4v) is 1.60. The lowest BCUT2D eigenvalue weighted by atomic mass is 10.0. The van der Waals surface area contributed by atoms with E-state index >= 15 is 0 Å². The van der Waals surface area contributed by atoms with Gasteiger partial charge in [0.25, 0.3) is 5.69 Å². The van der Waals surface area contributed by atoms with E-state index in [1.54, 1.807) is 0 Å². The van der Waals surface area contributed by atoms with Crippen molar-refractivity contribution in [3.63, 3.8) is 0 Å². The maximum absolute atomic E-state index is 13.6. The van der Waals surface area contributed by atoms with Crippen LogP contribution in [0, 0.1) is 15.9 Å². The molecule has 1 aromatic carbocycles. The van der Waals surface area contributed by atoms with Crippen LogP contribution in [0.3, 0.4) is 0 Å². The van der Waals surface area contributed by atoms with Gasteiger partial charge in [-0.05, 0) is 6.07 Å². The van der Waals surface area contributed by atoms with E-state index in [9.17, 15) is 19.6 Å². The lowest BCUT2D eigenvalue weighted by molar-refractivity contribution is -0.385. The summed E-state index contributed by atoms with van der Waals surface area (Å²) < 4.78 is 18.6. The molecular weight excluding hydrogens is 255 g/mol. The Morgan fingerprint density at radius 2 is 2.42 bits per heavy atom. The summed E-state index contributed by atoms with van der Waals surface area (Å²) in [7, 11) is 0. The van der Waals surface area contributed by atoms with Gasteiger partial charge in [-0.1, -0.05) is 12.2 Å². The van der Waals surface area contributed by atoms with Crippen molar-refractivity contribution in [1.82, 2.24) is 0 Å². The van der Waals surface area contributed by atoms with Crippen molar-refractivity contribution in [3.8, 4) is 0 Å². The van der Waals surface area contributed by atoms with Crippen LogP contribution in [-0.2, 0) is 4.74 Å². The molecule has 2 rings (SSSR count). The second-order valence-electron chi connectivity index (χ2n) is 4.10. The van der Waals surface area contributed by atoms with Crippen LogP contribution < -0.4 is 0 Å². The van der Waals surface area contributed by atoms with Gasteiger partial charge in [0.05, 0.1) is 17.6 Å². The molecule has 0 fully saturated rings. The summed E-state index contributed by atoms with van der Waals surface area (Å²) in [6.45, 7) is -0.0940. The van der Waals surface area contributed by atoms with Gasteiger partial charge in [-0.2, -0.15) is 0 Å². The predicted octanol–water partition coefficient (Wildman–Crippen LogP) is 1.54. The van der Waals surface area contributed by atoms with Gasteiger partial charge < -0.3 is 9.84 Å². The molecule has 6 nitrogen and oxygen atoms in total. The molecule has 1 N–H and O–H groups in total. The van der Waals surface area contributed by atoms with Crippen LogP contribution >= 0.6 is 0 Å². The molecule has 0 bridgehead atoms. The number of nitro groups is 1. The van der Waals surface area contributed by atoms with Crippen molar-refractivity contribution in [2.45, 2.75) is 5.54 Å².